The fourth-order valence-corrected chi connectivity index (χ4v) is 2.92. The van der Waals surface area contributed by atoms with Crippen LogP contribution in [0.25, 0.3) is 0 Å². The van der Waals surface area contributed by atoms with Crippen molar-refractivity contribution in [2.75, 3.05) is 7.11 Å². The van der Waals surface area contributed by atoms with Crippen LogP contribution in [0.2, 0.25) is 0 Å². The van der Waals surface area contributed by atoms with Crippen molar-refractivity contribution in [1.82, 2.24) is 0 Å². The van der Waals surface area contributed by atoms with Crippen LogP contribution < -0.4 is 15.2 Å². The van der Waals surface area contributed by atoms with Crippen LogP contribution in [0.4, 0.5) is 0 Å². The lowest BCUT2D eigenvalue weighted by Crippen LogP contribution is -2.23. The van der Waals surface area contributed by atoms with Gasteiger partial charge in [-0.1, -0.05) is 19.8 Å². The van der Waals surface area contributed by atoms with Crippen LogP contribution in [-0.4, -0.2) is 19.3 Å². The van der Waals surface area contributed by atoms with Gasteiger partial charge in [0.25, 0.3) is 0 Å². The fourth-order valence-electron chi connectivity index (χ4n) is 2.92. The van der Waals surface area contributed by atoms with Gasteiger partial charge in [-0.2, -0.15) is 0 Å². The second-order valence-electron chi connectivity index (χ2n) is 6.08. The number of hydrogen-bond acceptors (Lipinski definition) is 3. The molecule has 1 unspecified atom stereocenters. The van der Waals surface area contributed by atoms with Crippen LogP contribution in [-0.2, 0) is 6.42 Å². The number of methoxy groups -OCH3 is 1. The van der Waals surface area contributed by atoms with Crippen LogP contribution >= 0.6 is 0 Å². The third-order valence-electron chi connectivity index (χ3n) is 4.37. The Morgan fingerprint density at radius 2 is 1.90 bits per heavy atom. The van der Waals surface area contributed by atoms with Gasteiger partial charge in [0.1, 0.15) is 11.5 Å². The first-order valence-corrected chi connectivity index (χ1v) is 8.32. The molecule has 2 N–H and O–H groups in total. The number of hydrogen-bond donors (Lipinski definition) is 1. The molecule has 1 fully saturated rings. The number of ether oxygens (including phenoxy) is 2. The summed E-state index contributed by atoms with van der Waals surface area (Å²) in [7, 11) is 1.70. The summed E-state index contributed by atoms with van der Waals surface area (Å²) in [6, 6.07) is 6.27. The summed E-state index contributed by atoms with van der Waals surface area (Å²) in [5, 5.41) is 0. The largest absolute Gasteiger partial charge is 0.497 e. The van der Waals surface area contributed by atoms with Gasteiger partial charge in [-0.05, 0) is 62.3 Å². The molecule has 118 valence electrons. The molecule has 0 heterocycles. The molecular formula is C18H29NO2. The van der Waals surface area contributed by atoms with Crippen LogP contribution in [0, 0.1) is 0 Å². The van der Waals surface area contributed by atoms with E-state index < -0.39 is 0 Å². The van der Waals surface area contributed by atoms with Gasteiger partial charge in [0.05, 0.1) is 13.2 Å². The van der Waals surface area contributed by atoms with Crippen LogP contribution in [0.1, 0.15) is 57.4 Å². The highest BCUT2D eigenvalue weighted by atomic mass is 16.5. The molecule has 0 aliphatic heterocycles. The first-order chi connectivity index (χ1) is 10.2. The minimum Gasteiger partial charge on any atom is -0.497 e. The first-order valence-electron chi connectivity index (χ1n) is 8.32. The Balaban J connectivity index is 2.12. The van der Waals surface area contributed by atoms with Crippen LogP contribution in [0.5, 0.6) is 11.5 Å². The fraction of sp³-hybridized carbons (Fsp3) is 0.667. The molecule has 1 aliphatic carbocycles. The number of rotatable bonds is 6. The maximum Gasteiger partial charge on any atom is 0.123 e. The predicted octanol–water partition coefficient (Wildman–Crippen LogP) is 4.08. The van der Waals surface area contributed by atoms with Crippen molar-refractivity contribution in [3.8, 4) is 11.5 Å². The van der Waals surface area contributed by atoms with Crippen molar-refractivity contribution in [1.29, 1.82) is 0 Å². The van der Waals surface area contributed by atoms with Gasteiger partial charge < -0.3 is 15.2 Å². The molecule has 1 saturated carbocycles. The molecule has 1 aliphatic rings. The highest BCUT2D eigenvalue weighted by Gasteiger charge is 2.16. The molecular weight excluding hydrogens is 262 g/mol. The van der Waals surface area contributed by atoms with Crippen molar-refractivity contribution in [2.24, 2.45) is 5.73 Å². The monoisotopic (exact) mass is 291 g/mol. The smallest absolute Gasteiger partial charge is 0.123 e. The maximum absolute atomic E-state index is 6.30. The molecule has 2 rings (SSSR count). The Morgan fingerprint density at radius 3 is 2.52 bits per heavy atom. The predicted molar refractivity (Wildman–Crippen MR) is 87.1 cm³/mol. The van der Waals surface area contributed by atoms with E-state index in [2.05, 4.69) is 13.0 Å². The minimum absolute atomic E-state index is 0.175. The molecule has 3 heteroatoms. The Morgan fingerprint density at radius 1 is 1.19 bits per heavy atom. The van der Waals surface area contributed by atoms with E-state index >= 15 is 0 Å². The molecule has 21 heavy (non-hydrogen) atoms. The average molecular weight is 291 g/mol. The summed E-state index contributed by atoms with van der Waals surface area (Å²) in [4.78, 5) is 0. The molecule has 0 bridgehead atoms. The Labute approximate surface area is 128 Å². The summed E-state index contributed by atoms with van der Waals surface area (Å²) >= 11 is 0. The maximum atomic E-state index is 6.30. The topological polar surface area (TPSA) is 44.5 Å². The molecule has 3 nitrogen and oxygen atoms in total. The molecule has 1 atom stereocenters. The summed E-state index contributed by atoms with van der Waals surface area (Å²) in [5.74, 6) is 1.87. The van der Waals surface area contributed by atoms with E-state index in [0.29, 0.717) is 6.10 Å². The molecule has 1 aromatic rings. The lowest BCUT2D eigenvalue weighted by Gasteiger charge is -2.21. The van der Waals surface area contributed by atoms with Gasteiger partial charge in [0, 0.05) is 6.04 Å². The van der Waals surface area contributed by atoms with Gasteiger partial charge >= 0.3 is 0 Å². The van der Waals surface area contributed by atoms with E-state index in [1.54, 1.807) is 7.11 Å². The number of benzene rings is 1. The third kappa shape index (κ3) is 4.92. The number of nitrogens with two attached hydrogens (primary N) is 1. The van der Waals surface area contributed by atoms with E-state index in [0.717, 1.165) is 24.3 Å². The zero-order valence-corrected chi connectivity index (χ0v) is 13.4. The van der Waals surface area contributed by atoms with Crippen molar-refractivity contribution in [2.45, 2.75) is 70.4 Å². The van der Waals surface area contributed by atoms with E-state index in [4.69, 9.17) is 15.2 Å². The van der Waals surface area contributed by atoms with Crippen molar-refractivity contribution in [3.05, 3.63) is 23.8 Å². The van der Waals surface area contributed by atoms with E-state index in [1.165, 1.54) is 44.1 Å². The standard InChI is InChI=1S/C18H29NO2/c1-3-15(19)12-14-13-17(20-2)10-11-18(14)21-16-8-6-4-5-7-9-16/h10-11,13,15-16H,3-9,12,19H2,1-2H3. The lowest BCUT2D eigenvalue weighted by atomic mass is 10.0. The quantitative estimate of drug-likeness (QED) is 0.803. The van der Waals surface area contributed by atoms with Crippen molar-refractivity contribution >= 4 is 0 Å². The molecule has 0 amide bonds. The Bertz CT molecular complexity index is 425. The Hall–Kier alpha value is -1.22. The zero-order valence-electron chi connectivity index (χ0n) is 13.4. The van der Waals surface area contributed by atoms with Crippen LogP contribution in [0.15, 0.2) is 18.2 Å². The van der Waals surface area contributed by atoms with Crippen LogP contribution in [0.3, 0.4) is 0 Å². The first kappa shape index (κ1) is 16.2. The summed E-state index contributed by atoms with van der Waals surface area (Å²) < 4.78 is 11.6. The molecule has 0 spiro atoms. The third-order valence-corrected chi connectivity index (χ3v) is 4.37. The van der Waals surface area contributed by atoms with Gasteiger partial charge in [0.2, 0.25) is 0 Å². The zero-order chi connectivity index (χ0) is 15.1. The average Bonchev–Trinajstić information content (AvgIpc) is 2.77. The van der Waals surface area contributed by atoms with Crippen molar-refractivity contribution < 1.29 is 9.47 Å². The molecule has 0 saturated heterocycles. The molecule has 0 aromatic heterocycles. The van der Waals surface area contributed by atoms with Crippen molar-refractivity contribution in [3.63, 3.8) is 0 Å². The second-order valence-corrected chi connectivity index (χ2v) is 6.08. The lowest BCUT2D eigenvalue weighted by molar-refractivity contribution is 0.181. The highest BCUT2D eigenvalue weighted by molar-refractivity contribution is 5.41. The van der Waals surface area contributed by atoms with E-state index in [9.17, 15) is 0 Å². The summed E-state index contributed by atoms with van der Waals surface area (Å²) in [6.45, 7) is 2.12. The molecule has 1 aromatic carbocycles. The normalized spacial score (nSPS) is 18.0. The highest BCUT2D eigenvalue weighted by Crippen LogP contribution is 2.29. The van der Waals surface area contributed by atoms with Gasteiger partial charge in [-0.15, -0.1) is 0 Å². The Kier molecular flexibility index (Phi) is 6.37. The van der Waals surface area contributed by atoms with Gasteiger partial charge in [0.15, 0.2) is 0 Å². The van der Waals surface area contributed by atoms with Gasteiger partial charge in [-0.3, -0.25) is 0 Å². The molecule has 0 radical (unpaired) electrons. The second kappa shape index (κ2) is 8.28. The van der Waals surface area contributed by atoms with Gasteiger partial charge in [-0.25, -0.2) is 0 Å². The summed E-state index contributed by atoms with van der Waals surface area (Å²) in [5.41, 5.74) is 7.30. The SMILES string of the molecule is CCC(N)Cc1cc(OC)ccc1OC1CCCCCC1. The van der Waals surface area contributed by atoms with E-state index in [-0.39, 0.29) is 6.04 Å². The van der Waals surface area contributed by atoms with E-state index in [1.807, 2.05) is 12.1 Å². The minimum atomic E-state index is 0.175. The summed E-state index contributed by atoms with van der Waals surface area (Å²) in [6.07, 6.45) is 9.77.